The predicted octanol–water partition coefficient (Wildman–Crippen LogP) is 2.96. The number of carbonyl (C=O) groups is 3. The van der Waals surface area contributed by atoms with E-state index < -0.39 is 12.0 Å². The largest absolute Gasteiger partial charge is 0.356 e. The van der Waals surface area contributed by atoms with Gasteiger partial charge in [-0.2, -0.15) is 0 Å². The van der Waals surface area contributed by atoms with Gasteiger partial charge in [0.25, 0.3) is 0 Å². The number of benzene rings is 1. The van der Waals surface area contributed by atoms with E-state index in [1.165, 1.54) is 12.1 Å². The fourth-order valence-electron chi connectivity index (χ4n) is 2.78. The van der Waals surface area contributed by atoms with Gasteiger partial charge in [0, 0.05) is 31.8 Å². The fraction of sp³-hybridized carbons (Fsp3) is 0.609. The third-order valence-corrected chi connectivity index (χ3v) is 4.78. The molecule has 0 saturated carbocycles. The fourth-order valence-corrected chi connectivity index (χ4v) is 2.78. The third-order valence-electron chi connectivity index (χ3n) is 4.78. The van der Waals surface area contributed by atoms with Crippen LogP contribution in [0.2, 0.25) is 0 Å². The van der Waals surface area contributed by atoms with Gasteiger partial charge in [0.15, 0.2) is 0 Å². The first-order valence-corrected chi connectivity index (χ1v) is 10.8. The molecule has 0 spiro atoms. The van der Waals surface area contributed by atoms with Gasteiger partial charge < -0.3 is 16.0 Å². The molecule has 0 aliphatic heterocycles. The van der Waals surface area contributed by atoms with Gasteiger partial charge in [0.1, 0.15) is 11.9 Å². The Morgan fingerprint density at radius 3 is 2.27 bits per heavy atom. The smallest absolute Gasteiger partial charge is 0.242 e. The van der Waals surface area contributed by atoms with Crippen LogP contribution in [0.15, 0.2) is 24.3 Å². The quantitative estimate of drug-likeness (QED) is 0.428. The summed E-state index contributed by atoms with van der Waals surface area (Å²) < 4.78 is 13.2. The van der Waals surface area contributed by atoms with E-state index in [1.54, 1.807) is 19.1 Å². The average Bonchev–Trinajstić information content (AvgIpc) is 2.71. The number of hydrogen-bond donors (Lipinski definition) is 3. The lowest BCUT2D eigenvalue weighted by atomic mass is 10.0. The van der Waals surface area contributed by atoms with Gasteiger partial charge in [0.2, 0.25) is 17.7 Å². The van der Waals surface area contributed by atoms with Crippen molar-refractivity contribution in [2.24, 2.45) is 11.8 Å². The number of carbonyl (C=O) groups excluding carboxylic acids is 3. The van der Waals surface area contributed by atoms with Crippen molar-refractivity contribution in [1.82, 2.24) is 16.0 Å². The number of amides is 3. The predicted molar refractivity (Wildman–Crippen MR) is 116 cm³/mol. The van der Waals surface area contributed by atoms with Crippen molar-refractivity contribution in [2.75, 3.05) is 13.1 Å². The van der Waals surface area contributed by atoms with Gasteiger partial charge in [-0.15, -0.1) is 0 Å². The van der Waals surface area contributed by atoms with Crippen LogP contribution in [0, 0.1) is 17.7 Å². The van der Waals surface area contributed by atoms with E-state index >= 15 is 0 Å². The first-order chi connectivity index (χ1) is 14.2. The summed E-state index contributed by atoms with van der Waals surface area (Å²) in [6.45, 7) is 8.92. The molecule has 6 nitrogen and oxygen atoms in total. The van der Waals surface area contributed by atoms with Crippen molar-refractivity contribution in [3.05, 3.63) is 35.6 Å². The summed E-state index contributed by atoms with van der Waals surface area (Å²) in [6, 6.07) is 5.12. The molecule has 0 aliphatic carbocycles. The van der Waals surface area contributed by atoms with E-state index in [2.05, 4.69) is 22.9 Å². The van der Waals surface area contributed by atoms with Crippen molar-refractivity contribution in [2.45, 2.75) is 65.8 Å². The van der Waals surface area contributed by atoms with Crippen LogP contribution < -0.4 is 16.0 Å². The monoisotopic (exact) mass is 421 g/mol. The minimum Gasteiger partial charge on any atom is -0.356 e. The van der Waals surface area contributed by atoms with Gasteiger partial charge in [0.05, 0.1) is 0 Å². The average molecular weight is 422 g/mol. The SMILES string of the molecule is CCCCNC(=O)CCC(C)C(=O)NC(Cc1ccc(F)cc1)C(=O)NCC(C)C. The highest BCUT2D eigenvalue weighted by molar-refractivity contribution is 5.88. The van der Waals surface area contributed by atoms with Gasteiger partial charge in [-0.05, 0) is 36.5 Å². The number of hydrogen-bond acceptors (Lipinski definition) is 3. The number of nitrogens with one attached hydrogen (secondary N) is 3. The summed E-state index contributed by atoms with van der Waals surface area (Å²) in [5, 5.41) is 8.48. The Labute approximate surface area is 179 Å². The summed E-state index contributed by atoms with van der Waals surface area (Å²) in [7, 11) is 0. The maximum Gasteiger partial charge on any atom is 0.242 e. The molecule has 3 N–H and O–H groups in total. The Morgan fingerprint density at radius 2 is 1.67 bits per heavy atom. The molecule has 1 aromatic rings. The van der Waals surface area contributed by atoms with Gasteiger partial charge in [-0.1, -0.05) is 46.2 Å². The minimum atomic E-state index is -0.762. The maximum absolute atomic E-state index is 13.2. The Bertz CT molecular complexity index is 677. The van der Waals surface area contributed by atoms with E-state index in [4.69, 9.17) is 0 Å². The second kappa shape index (κ2) is 13.7. The van der Waals surface area contributed by atoms with E-state index in [0.717, 1.165) is 18.4 Å². The van der Waals surface area contributed by atoms with Gasteiger partial charge in [-0.25, -0.2) is 4.39 Å². The number of rotatable bonds is 13. The Hall–Kier alpha value is -2.44. The molecular formula is C23H36FN3O3. The summed E-state index contributed by atoms with van der Waals surface area (Å²) >= 11 is 0. The first kappa shape index (κ1) is 25.6. The molecule has 7 heteroatoms. The van der Waals surface area contributed by atoms with Crippen molar-refractivity contribution in [3.63, 3.8) is 0 Å². The van der Waals surface area contributed by atoms with Crippen LogP contribution in [0.3, 0.4) is 0 Å². The zero-order chi connectivity index (χ0) is 22.5. The molecule has 30 heavy (non-hydrogen) atoms. The molecule has 1 aromatic carbocycles. The zero-order valence-electron chi connectivity index (χ0n) is 18.6. The molecule has 168 valence electrons. The molecule has 0 aromatic heterocycles. The zero-order valence-corrected chi connectivity index (χ0v) is 18.6. The van der Waals surface area contributed by atoms with Gasteiger partial charge in [-0.3, -0.25) is 14.4 Å². The maximum atomic E-state index is 13.2. The molecule has 0 heterocycles. The molecule has 3 amide bonds. The van der Waals surface area contributed by atoms with E-state index in [1.807, 2.05) is 13.8 Å². The van der Waals surface area contributed by atoms with Crippen LogP contribution in [0.1, 0.15) is 58.9 Å². The second-order valence-corrected chi connectivity index (χ2v) is 8.17. The summed E-state index contributed by atoms with van der Waals surface area (Å²) in [6.07, 6.45) is 2.87. The van der Waals surface area contributed by atoms with E-state index in [0.29, 0.717) is 19.5 Å². The summed E-state index contributed by atoms with van der Waals surface area (Å²) in [4.78, 5) is 37.1. The van der Waals surface area contributed by atoms with Crippen molar-refractivity contribution in [1.29, 1.82) is 0 Å². The second-order valence-electron chi connectivity index (χ2n) is 8.17. The van der Waals surface area contributed by atoms with Crippen molar-refractivity contribution < 1.29 is 18.8 Å². The van der Waals surface area contributed by atoms with Crippen LogP contribution in [-0.4, -0.2) is 36.9 Å². The highest BCUT2D eigenvalue weighted by Crippen LogP contribution is 2.10. The van der Waals surface area contributed by atoms with E-state index in [9.17, 15) is 18.8 Å². The Morgan fingerprint density at radius 1 is 1.00 bits per heavy atom. The molecule has 0 bridgehead atoms. The molecule has 0 fully saturated rings. The molecule has 0 aliphatic rings. The lowest BCUT2D eigenvalue weighted by Gasteiger charge is -2.21. The highest BCUT2D eigenvalue weighted by Gasteiger charge is 2.24. The molecule has 2 unspecified atom stereocenters. The highest BCUT2D eigenvalue weighted by atomic mass is 19.1. The molecule has 0 radical (unpaired) electrons. The lowest BCUT2D eigenvalue weighted by Crippen LogP contribution is -2.50. The van der Waals surface area contributed by atoms with Crippen molar-refractivity contribution >= 4 is 17.7 Å². The van der Waals surface area contributed by atoms with Crippen LogP contribution >= 0.6 is 0 Å². The summed E-state index contributed by atoms with van der Waals surface area (Å²) in [5.41, 5.74) is 0.754. The minimum absolute atomic E-state index is 0.0689. The Kier molecular flexibility index (Phi) is 11.7. The standard InChI is InChI=1S/C23H36FN3O3/c1-5-6-13-25-21(28)12-7-17(4)22(29)27-20(23(30)26-15-16(2)3)14-18-8-10-19(24)11-9-18/h8-11,16-17,20H,5-7,12-15H2,1-4H3,(H,25,28)(H,26,30)(H,27,29). The number of halogens is 1. The molecule has 0 saturated heterocycles. The van der Waals surface area contributed by atoms with Gasteiger partial charge >= 0.3 is 0 Å². The Balaban J connectivity index is 2.66. The first-order valence-electron chi connectivity index (χ1n) is 10.8. The molecule has 1 rings (SSSR count). The molecular weight excluding hydrogens is 385 g/mol. The van der Waals surface area contributed by atoms with E-state index in [-0.39, 0.29) is 42.3 Å². The van der Waals surface area contributed by atoms with Crippen LogP contribution in [0.5, 0.6) is 0 Å². The van der Waals surface area contributed by atoms with Crippen LogP contribution in [0.25, 0.3) is 0 Å². The normalized spacial score (nSPS) is 12.9. The number of unbranched alkanes of at least 4 members (excludes halogenated alkanes) is 1. The summed E-state index contributed by atoms with van der Waals surface area (Å²) in [5.74, 6) is -1.10. The van der Waals surface area contributed by atoms with Crippen molar-refractivity contribution in [3.8, 4) is 0 Å². The topological polar surface area (TPSA) is 87.3 Å². The van der Waals surface area contributed by atoms with Crippen LogP contribution in [-0.2, 0) is 20.8 Å². The lowest BCUT2D eigenvalue weighted by molar-refractivity contribution is -0.131. The third kappa shape index (κ3) is 10.4. The van der Waals surface area contributed by atoms with Crippen LogP contribution in [0.4, 0.5) is 4.39 Å². The molecule has 2 atom stereocenters.